The summed E-state index contributed by atoms with van der Waals surface area (Å²) >= 11 is 6.00. The van der Waals surface area contributed by atoms with Crippen LogP contribution in [-0.4, -0.2) is 16.1 Å². The summed E-state index contributed by atoms with van der Waals surface area (Å²) in [5.74, 6) is 4.41. The number of carboxylic acids is 1. The predicted octanol–water partition coefficient (Wildman–Crippen LogP) is 2.71. The van der Waals surface area contributed by atoms with Gasteiger partial charge >= 0.3 is 5.97 Å². The molecule has 0 fully saturated rings. The van der Waals surface area contributed by atoms with Crippen molar-refractivity contribution >= 4 is 28.5 Å². The molecule has 1 N–H and O–H groups in total. The number of aromatic nitrogens is 1. The van der Waals surface area contributed by atoms with E-state index in [1.807, 2.05) is 6.07 Å². The van der Waals surface area contributed by atoms with Crippen molar-refractivity contribution in [3.63, 3.8) is 0 Å². The molecule has 3 nitrogen and oxygen atoms in total. The summed E-state index contributed by atoms with van der Waals surface area (Å²) in [5, 5.41) is 9.97. The van der Waals surface area contributed by atoms with Crippen molar-refractivity contribution in [1.29, 1.82) is 0 Å². The van der Waals surface area contributed by atoms with Crippen LogP contribution in [-0.2, 0) is 4.79 Å². The van der Waals surface area contributed by atoms with E-state index in [2.05, 4.69) is 16.8 Å². The third kappa shape index (κ3) is 2.74. The van der Waals surface area contributed by atoms with Crippen LogP contribution in [0.1, 0.15) is 12.0 Å². The molecule has 0 unspecified atom stereocenters. The number of carbonyl (C=O) groups is 1. The van der Waals surface area contributed by atoms with Gasteiger partial charge in [-0.1, -0.05) is 29.5 Å². The lowest BCUT2D eigenvalue weighted by molar-refractivity contribution is -0.135. The molecule has 4 heteroatoms. The van der Waals surface area contributed by atoms with Gasteiger partial charge in [-0.15, -0.1) is 0 Å². The van der Waals surface area contributed by atoms with E-state index in [4.69, 9.17) is 16.7 Å². The standard InChI is InChI=1S/C13H8ClNO2/c14-11-6-7-15-12-8-9(4-5-10(11)12)2-1-3-13(16)17/h4-8H,3H2,(H,16,17). The number of hydrogen-bond acceptors (Lipinski definition) is 2. The second-order valence-corrected chi connectivity index (χ2v) is 3.80. The number of rotatable bonds is 1. The van der Waals surface area contributed by atoms with Crippen molar-refractivity contribution in [3.8, 4) is 11.8 Å². The van der Waals surface area contributed by atoms with Crippen LogP contribution in [0.2, 0.25) is 5.02 Å². The number of pyridine rings is 1. The molecule has 0 spiro atoms. The second-order valence-electron chi connectivity index (χ2n) is 3.40. The Morgan fingerprint density at radius 2 is 2.24 bits per heavy atom. The maximum absolute atomic E-state index is 10.3. The lowest BCUT2D eigenvalue weighted by atomic mass is 10.1. The molecule has 0 saturated heterocycles. The Morgan fingerprint density at radius 1 is 1.41 bits per heavy atom. The molecule has 2 rings (SSSR count). The Labute approximate surface area is 103 Å². The minimum absolute atomic E-state index is 0.166. The van der Waals surface area contributed by atoms with E-state index in [0.717, 1.165) is 16.5 Å². The number of fused-ring (bicyclic) bond motifs is 1. The van der Waals surface area contributed by atoms with Gasteiger partial charge < -0.3 is 5.11 Å². The van der Waals surface area contributed by atoms with Crippen molar-refractivity contribution in [3.05, 3.63) is 41.0 Å². The summed E-state index contributed by atoms with van der Waals surface area (Å²) in [6.45, 7) is 0. The van der Waals surface area contributed by atoms with E-state index >= 15 is 0 Å². The van der Waals surface area contributed by atoms with E-state index in [0.29, 0.717) is 5.02 Å². The van der Waals surface area contributed by atoms with Crippen LogP contribution in [0.5, 0.6) is 0 Å². The summed E-state index contributed by atoms with van der Waals surface area (Å²) in [6, 6.07) is 7.13. The van der Waals surface area contributed by atoms with E-state index in [1.165, 1.54) is 0 Å². The Bertz CT molecular complexity index is 641. The summed E-state index contributed by atoms with van der Waals surface area (Å²) in [4.78, 5) is 14.5. The molecule has 1 aromatic carbocycles. The van der Waals surface area contributed by atoms with Gasteiger partial charge in [0.2, 0.25) is 0 Å². The largest absolute Gasteiger partial charge is 0.481 e. The first-order valence-corrected chi connectivity index (χ1v) is 5.29. The van der Waals surface area contributed by atoms with Crippen LogP contribution in [0.15, 0.2) is 30.5 Å². The zero-order chi connectivity index (χ0) is 12.3. The summed E-state index contributed by atoms with van der Waals surface area (Å²) in [5.41, 5.74) is 1.48. The van der Waals surface area contributed by atoms with Crippen LogP contribution in [0.25, 0.3) is 10.9 Å². The third-order valence-corrected chi connectivity index (χ3v) is 2.49. The Kier molecular flexibility index (Phi) is 3.27. The molecule has 0 aliphatic carbocycles. The molecule has 0 atom stereocenters. The van der Waals surface area contributed by atoms with Crippen LogP contribution in [0, 0.1) is 11.8 Å². The number of carboxylic acid groups (broad SMARTS) is 1. The fraction of sp³-hybridized carbons (Fsp3) is 0.0769. The fourth-order valence-corrected chi connectivity index (χ4v) is 1.63. The molecule has 1 heterocycles. The number of nitrogens with zero attached hydrogens (tertiary/aromatic N) is 1. The number of hydrogen-bond donors (Lipinski definition) is 1. The topological polar surface area (TPSA) is 50.2 Å². The quantitative estimate of drug-likeness (QED) is 0.786. The maximum Gasteiger partial charge on any atom is 0.315 e. The summed E-state index contributed by atoms with van der Waals surface area (Å²) in [6.07, 6.45) is 1.46. The average molecular weight is 246 g/mol. The van der Waals surface area contributed by atoms with Gasteiger partial charge in [0.1, 0.15) is 6.42 Å². The van der Waals surface area contributed by atoms with Gasteiger partial charge in [-0.2, -0.15) is 0 Å². The Hall–Kier alpha value is -2.05. The molecule has 1 aromatic heterocycles. The van der Waals surface area contributed by atoms with Crippen molar-refractivity contribution < 1.29 is 9.90 Å². The van der Waals surface area contributed by atoms with Crippen molar-refractivity contribution in [2.75, 3.05) is 0 Å². The van der Waals surface area contributed by atoms with Gasteiger partial charge in [-0.3, -0.25) is 9.78 Å². The summed E-state index contributed by atoms with van der Waals surface area (Å²) in [7, 11) is 0. The molecule has 2 aromatic rings. The molecule has 0 amide bonds. The predicted molar refractivity (Wildman–Crippen MR) is 65.9 cm³/mol. The molecule has 0 bridgehead atoms. The van der Waals surface area contributed by atoms with Gasteiger partial charge in [-0.05, 0) is 18.2 Å². The molecule has 0 saturated carbocycles. The smallest absolute Gasteiger partial charge is 0.315 e. The molecular formula is C13H8ClNO2. The Morgan fingerprint density at radius 3 is 3.00 bits per heavy atom. The minimum atomic E-state index is -0.931. The normalized spacial score (nSPS) is 9.71. The highest BCUT2D eigenvalue weighted by Crippen LogP contribution is 2.21. The molecule has 0 aliphatic heterocycles. The highest BCUT2D eigenvalue weighted by Gasteiger charge is 1.99. The van der Waals surface area contributed by atoms with Crippen LogP contribution in [0.4, 0.5) is 0 Å². The Balaban J connectivity index is 2.37. The van der Waals surface area contributed by atoms with Crippen LogP contribution < -0.4 is 0 Å². The maximum atomic E-state index is 10.3. The van der Waals surface area contributed by atoms with Crippen LogP contribution >= 0.6 is 11.6 Å². The lowest BCUT2D eigenvalue weighted by Gasteiger charge is -1.99. The molecular weight excluding hydrogens is 238 g/mol. The first kappa shape index (κ1) is 11.4. The summed E-state index contributed by atoms with van der Waals surface area (Å²) < 4.78 is 0. The first-order chi connectivity index (χ1) is 8.16. The monoisotopic (exact) mass is 245 g/mol. The van der Waals surface area contributed by atoms with Crippen LogP contribution in [0.3, 0.4) is 0 Å². The lowest BCUT2D eigenvalue weighted by Crippen LogP contribution is -1.90. The average Bonchev–Trinajstić information content (AvgIpc) is 2.29. The molecule has 0 aliphatic rings. The van der Waals surface area contributed by atoms with Crippen molar-refractivity contribution in [2.24, 2.45) is 0 Å². The fourth-order valence-electron chi connectivity index (χ4n) is 1.41. The van der Waals surface area contributed by atoms with Crippen molar-refractivity contribution in [2.45, 2.75) is 6.42 Å². The van der Waals surface area contributed by atoms with Gasteiger partial charge in [0.15, 0.2) is 0 Å². The third-order valence-electron chi connectivity index (χ3n) is 2.16. The van der Waals surface area contributed by atoms with Crippen molar-refractivity contribution in [1.82, 2.24) is 4.98 Å². The second kappa shape index (κ2) is 4.86. The zero-order valence-electron chi connectivity index (χ0n) is 8.77. The van der Waals surface area contributed by atoms with E-state index < -0.39 is 5.97 Å². The molecule has 0 radical (unpaired) electrons. The van der Waals surface area contributed by atoms with Gasteiger partial charge in [0.25, 0.3) is 0 Å². The number of halogens is 1. The zero-order valence-corrected chi connectivity index (χ0v) is 9.53. The highest BCUT2D eigenvalue weighted by molar-refractivity contribution is 6.35. The first-order valence-electron chi connectivity index (χ1n) is 4.92. The minimum Gasteiger partial charge on any atom is -0.481 e. The van der Waals surface area contributed by atoms with E-state index in [-0.39, 0.29) is 6.42 Å². The number of benzene rings is 1. The SMILES string of the molecule is O=C(O)CC#Cc1ccc2c(Cl)ccnc2c1. The van der Waals surface area contributed by atoms with Gasteiger partial charge in [0, 0.05) is 17.1 Å². The number of aliphatic carboxylic acids is 1. The van der Waals surface area contributed by atoms with E-state index in [1.54, 1.807) is 24.4 Å². The highest BCUT2D eigenvalue weighted by atomic mass is 35.5. The van der Waals surface area contributed by atoms with Gasteiger partial charge in [-0.25, -0.2) is 0 Å². The van der Waals surface area contributed by atoms with E-state index in [9.17, 15) is 4.79 Å². The molecule has 84 valence electrons. The molecule has 17 heavy (non-hydrogen) atoms. The van der Waals surface area contributed by atoms with Gasteiger partial charge in [0.05, 0.1) is 10.5 Å².